The van der Waals surface area contributed by atoms with Crippen LogP contribution in [0.2, 0.25) is 5.02 Å². The summed E-state index contributed by atoms with van der Waals surface area (Å²) in [5.41, 5.74) is 20.8. The molecule has 23 N–H and O–H groups in total. The zero-order valence-corrected chi connectivity index (χ0v) is 62.3. The Bertz CT molecular complexity index is 4250. The molecule has 8 aliphatic heterocycles. The Morgan fingerprint density at radius 1 is 0.631 bits per heavy atom. The second-order valence-corrected chi connectivity index (χ2v) is 30.0. The minimum atomic E-state index is -2.27. The van der Waals surface area contributed by atoms with E-state index in [0.29, 0.717) is 12.8 Å². The van der Waals surface area contributed by atoms with Gasteiger partial charge in [0, 0.05) is 47.7 Å². The number of phenolic OH excluding ortho intramolecular Hbond substituents is 3. The molecule has 5 aromatic carbocycles. The number of rotatable bonds is 19. The number of benzene rings is 5. The maximum Gasteiger partial charge on any atom is 0.248 e. The molecular weight excluding hydrogens is 1470 g/mol. The van der Waals surface area contributed by atoms with E-state index in [1.807, 2.05) is 0 Å². The van der Waals surface area contributed by atoms with Crippen molar-refractivity contribution in [3.05, 3.63) is 118 Å². The van der Waals surface area contributed by atoms with E-state index in [1.165, 1.54) is 76.2 Å². The third kappa shape index (κ3) is 18.7. The Balaban J connectivity index is 1.15. The molecule has 11 bridgehead atoms. The van der Waals surface area contributed by atoms with Crippen molar-refractivity contribution >= 4 is 53.0 Å². The lowest BCUT2D eigenvalue weighted by Crippen LogP contribution is -2.64. The Hall–Kier alpha value is -9.08. The van der Waals surface area contributed by atoms with Gasteiger partial charge in [0.05, 0.1) is 42.5 Å². The molecule has 3 saturated heterocycles. The molecule has 34 nitrogen and oxygen atoms in total. The van der Waals surface area contributed by atoms with E-state index in [1.54, 1.807) is 0 Å². The zero-order chi connectivity index (χ0) is 80.2. The molecule has 0 spiro atoms. The molecule has 0 radical (unpaired) electrons. The largest absolute Gasteiger partial charge is 0.508 e. The number of nitrogens with two attached hydrogens (primary N) is 4. The molecule has 0 aliphatic carbocycles. The lowest BCUT2D eigenvalue weighted by atomic mass is 9.86. The molecule has 8 heterocycles. The number of aliphatic hydroxyl groups excluding tert-OH is 6. The highest BCUT2D eigenvalue weighted by atomic mass is 35.5. The first kappa shape index (κ1) is 82.9. The zero-order valence-electron chi connectivity index (χ0n) is 61.6. The molecule has 602 valence electrons. The van der Waals surface area contributed by atoms with E-state index in [-0.39, 0.29) is 74.9 Å². The molecule has 0 unspecified atom stereocenters. The number of aliphatic hydroxyl groups is 6. The SMILES string of the molecule is CCCCCCCCCCNC(=O)[C@H]1NC(=O)[C@H]2NC(=O)[C@H](NC(=O)[C@@H]3NC(=O)[C@H](CC(N)=O)NC(=O)[C@H](N)[C@H](O)c4ccc(c(Cl)c4)Oc4cc3cc(c4O[C@@H]3O[C@H](CO)[C@@H](O)[C@H](O)[C@H]3O[C@H]3C[C@](C)(N)[C@@H](O)[C@H](C)O3)Oc3ccc(cc3)[C@H]2O[C@H]2C[C@](C)(N)[C@@H](O)[C@H](C)O2)c2ccc(O)c(c2)-c2c(O)cc(O)cc21. The monoisotopic (exact) mass is 1570 g/mol. The molecule has 0 aromatic heterocycles. The lowest BCUT2D eigenvalue weighted by Gasteiger charge is -2.47. The number of amides is 7. The van der Waals surface area contributed by atoms with E-state index in [0.717, 1.165) is 74.9 Å². The number of nitrogens with one attached hydrogen (secondary N) is 6. The van der Waals surface area contributed by atoms with Gasteiger partial charge in [-0.05, 0) is 117 Å². The molecule has 7 amide bonds. The van der Waals surface area contributed by atoms with Crippen molar-refractivity contribution in [2.45, 2.75) is 232 Å². The fourth-order valence-electron chi connectivity index (χ4n) is 14.6. The van der Waals surface area contributed by atoms with Gasteiger partial charge in [0.1, 0.15) is 95.5 Å². The van der Waals surface area contributed by atoms with Crippen LogP contribution in [0.1, 0.15) is 163 Å². The molecule has 8 aliphatic rings. The third-order valence-corrected chi connectivity index (χ3v) is 21.1. The van der Waals surface area contributed by atoms with Gasteiger partial charge in [-0.25, -0.2) is 0 Å². The number of carbonyl (C=O) groups excluding carboxylic acids is 7. The number of carbonyl (C=O) groups is 7. The average Bonchev–Trinajstić information content (AvgIpc) is 0.764. The van der Waals surface area contributed by atoms with Gasteiger partial charge < -0.3 is 139 Å². The van der Waals surface area contributed by atoms with Gasteiger partial charge >= 0.3 is 0 Å². The minimum absolute atomic E-state index is 0.0347. The summed E-state index contributed by atoms with van der Waals surface area (Å²) < 4.78 is 51.9. The number of hydrogen-bond acceptors (Lipinski definition) is 27. The average molecular weight is 1570 g/mol. The first-order chi connectivity index (χ1) is 52.6. The normalized spacial score (nSPS) is 31.7. The predicted molar refractivity (Wildman–Crippen MR) is 392 cm³/mol. The number of hydrogen-bond donors (Lipinski definition) is 19. The highest BCUT2D eigenvalue weighted by molar-refractivity contribution is 6.32. The van der Waals surface area contributed by atoms with Crippen LogP contribution in [-0.2, 0) is 57.2 Å². The first-order valence-corrected chi connectivity index (χ1v) is 37.2. The highest BCUT2D eigenvalue weighted by Gasteiger charge is 2.52. The summed E-state index contributed by atoms with van der Waals surface area (Å²) in [5.74, 6) is -12.5. The van der Waals surface area contributed by atoms with Crippen molar-refractivity contribution in [1.29, 1.82) is 0 Å². The van der Waals surface area contributed by atoms with Crippen molar-refractivity contribution in [2.24, 2.45) is 22.9 Å². The van der Waals surface area contributed by atoms with Crippen molar-refractivity contribution in [3.63, 3.8) is 0 Å². The van der Waals surface area contributed by atoms with E-state index >= 15 is 24.0 Å². The molecular formula is C76H97ClN10O24. The van der Waals surface area contributed by atoms with Crippen LogP contribution >= 0.6 is 11.6 Å². The van der Waals surface area contributed by atoms with E-state index < -0.39 is 216 Å². The van der Waals surface area contributed by atoms with Crippen molar-refractivity contribution in [3.8, 4) is 57.1 Å². The van der Waals surface area contributed by atoms with Crippen LogP contribution in [0.15, 0.2) is 84.9 Å². The van der Waals surface area contributed by atoms with Crippen LogP contribution < -0.4 is 69.0 Å². The Morgan fingerprint density at radius 3 is 1.86 bits per heavy atom. The maximum atomic E-state index is 16.3. The topological polar surface area (TPSA) is 552 Å². The summed E-state index contributed by atoms with van der Waals surface area (Å²) >= 11 is 7.01. The third-order valence-electron chi connectivity index (χ3n) is 20.8. The first-order valence-electron chi connectivity index (χ1n) is 36.8. The second kappa shape index (κ2) is 34.9. The molecule has 35 heteroatoms. The number of aromatic hydroxyl groups is 3. The van der Waals surface area contributed by atoms with Gasteiger partial charge in [-0.2, -0.15) is 0 Å². The highest BCUT2D eigenvalue weighted by Crippen LogP contribution is 2.50. The smallest absolute Gasteiger partial charge is 0.248 e. The van der Waals surface area contributed by atoms with E-state index in [9.17, 15) is 55.5 Å². The quantitative estimate of drug-likeness (QED) is 0.0526. The number of primary amides is 1. The summed E-state index contributed by atoms with van der Waals surface area (Å²) in [6.45, 7) is 7.36. The molecule has 111 heavy (non-hydrogen) atoms. The summed E-state index contributed by atoms with van der Waals surface area (Å²) in [6.07, 6.45) is -14.5. The van der Waals surface area contributed by atoms with Gasteiger partial charge in [-0.1, -0.05) is 87.7 Å². The van der Waals surface area contributed by atoms with Crippen LogP contribution in [0.3, 0.4) is 0 Å². The van der Waals surface area contributed by atoms with Crippen molar-refractivity contribution in [1.82, 2.24) is 31.9 Å². The Labute approximate surface area is 643 Å². The summed E-state index contributed by atoms with van der Waals surface area (Å²) in [6, 6.07) is 4.40. The summed E-state index contributed by atoms with van der Waals surface area (Å²) in [7, 11) is 0. The van der Waals surface area contributed by atoms with E-state index in [4.69, 9.17) is 72.4 Å². The van der Waals surface area contributed by atoms with Gasteiger partial charge in [-0.15, -0.1) is 0 Å². The van der Waals surface area contributed by atoms with E-state index in [2.05, 4.69) is 38.8 Å². The molecule has 5 aromatic rings. The number of ether oxygens (including phenoxy) is 8. The second-order valence-electron chi connectivity index (χ2n) is 29.6. The number of phenols is 3. The standard InChI is InChI=1S/C76H97ClN10O24/c1-6-7-8-9-10-11-12-13-22-82-70(100)58-42-27-39(89)28-46(91)54(42)41-23-36(16-20-45(41)90)56-71(101)87-59(73(103)86-58)63(109-52-30-75(4,80)66(96)33(2)104-52)35-14-18-40(19-15-35)106-48-25-38-26-49(64(48)111-74-65(62(95)61(94)50(32-88)108-74)110-53-31-76(5,81)67(97)34(3)105-53)107-47-21-17-37(24-43(47)77)60(93)55(79)69(99)83-44(29-51(78)92)68(98)84-57(38)72(102)85-56/h14-21,23-28,33-34,44,50,52-53,55-63,65-67,74,88-91,93-97H,6-13,22,29-32,79-81H2,1-5H3,(H2,78,92)(H,82,100)(H,83,99)(H,84,98)(H,85,102)(H,86,103)(H,87,101)/t33-,34-,44-,50+,52-,53-,55+,56+,57+,58-,59-,60+,61+,62-,63+,65+,66-,67-,74-,75-,76-/m0/s1. The van der Waals surface area contributed by atoms with Crippen LogP contribution in [0.4, 0.5) is 0 Å². The van der Waals surface area contributed by atoms with Gasteiger partial charge in [0.2, 0.25) is 53.4 Å². The minimum Gasteiger partial charge on any atom is -0.508 e. The Kier molecular flexibility index (Phi) is 26.1. The van der Waals surface area contributed by atoms with Gasteiger partial charge in [0.15, 0.2) is 30.2 Å². The molecule has 0 saturated carbocycles. The van der Waals surface area contributed by atoms with Crippen LogP contribution in [-0.4, -0.2) is 197 Å². The predicted octanol–water partition coefficient (Wildman–Crippen LogP) is 2.07. The maximum absolute atomic E-state index is 16.3. The Morgan fingerprint density at radius 2 is 1.23 bits per heavy atom. The summed E-state index contributed by atoms with van der Waals surface area (Å²) in [4.78, 5) is 106. The number of fused-ring (bicyclic) bond motifs is 15. The molecule has 21 atom stereocenters. The molecule has 3 fully saturated rings. The fourth-order valence-corrected chi connectivity index (χ4v) is 14.8. The lowest BCUT2D eigenvalue weighted by molar-refractivity contribution is -0.333. The van der Waals surface area contributed by atoms with Crippen LogP contribution in [0.25, 0.3) is 11.1 Å². The fraction of sp³-hybridized carbons (Fsp3) is 0.513. The van der Waals surface area contributed by atoms with Gasteiger partial charge in [0.25, 0.3) is 0 Å². The summed E-state index contributed by atoms with van der Waals surface area (Å²) in [5, 5.41) is 119. The number of halogens is 1. The van der Waals surface area contributed by atoms with Crippen LogP contribution in [0.5, 0.6) is 46.0 Å². The van der Waals surface area contributed by atoms with Crippen molar-refractivity contribution < 1.29 is 117 Å². The van der Waals surface area contributed by atoms with Crippen molar-refractivity contribution in [2.75, 3.05) is 13.2 Å². The van der Waals surface area contributed by atoms with Crippen LogP contribution in [0, 0.1) is 0 Å². The van der Waals surface area contributed by atoms with Gasteiger partial charge in [-0.3, -0.25) is 33.6 Å². The number of unbranched alkanes of at least 4 members (excludes halogenated alkanes) is 7. The molecule has 13 rings (SSSR count).